The number of nitrogens with zero attached hydrogens (tertiary/aromatic N) is 4. The Hall–Kier alpha value is -3.15. The third-order valence-corrected chi connectivity index (χ3v) is 5.75. The predicted molar refractivity (Wildman–Crippen MR) is 117 cm³/mol. The molecule has 2 heterocycles. The van der Waals surface area contributed by atoms with E-state index in [2.05, 4.69) is 35.0 Å². The Morgan fingerprint density at radius 1 is 1.23 bits per heavy atom. The highest BCUT2D eigenvalue weighted by atomic mass is 16.1. The quantitative estimate of drug-likeness (QED) is 0.647. The molecule has 6 nitrogen and oxygen atoms in total. The second-order valence-electron chi connectivity index (χ2n) is 8.90. The summed E-state index contributed by atoms with van der Waals surface area (Å²) in [5.41, 5.74) is 4.33. The van der Waals surface area contributed by atoms with E-state index in [9.17, 15) is 9.59 Å². The molecular weight excluding hydrogens is 376 g/mol. The van der Waals surface area contributed by atoms with Crippen LogP contribution in [0.5, 0.6) is 0 Å². The summed E-state index contributed by atoms with van der Waals surface area (Å²) in [5, 5.41) is 5.46. The van der Waals surface area contributed by atoms with Crippen molar-refractivity contribution >= 4 is 22.3 Å². The van der Waals surface area contributed by atoms with Crippen LogP contribution in [-0.4, -0.2) is 25.5 Å². The molecule has 0 saturated carbocycles. The fraction of sp³-hybridized carbons (Fsp3) is 0.375. The van der Waals surface area contributed by atoms with Gasteiger partial charge in [0.25, 0.3) is 5.56 Å². The summed E-state index contributed by atoms with van der Waals surface area (Å²) in [7, 11) is 0. The molecule has 1 aromatic carbocycles. The van der Waals surface area contributed by atoms with Gasteiger partial charge in [-0.15, -0.1) is 0 Å². The third kappa shape index (κ3) is 4.37. The fourth-order valence-corrected chi connectivity index (χ4v) is 3.83. The van der Waals surface area contributed by atoms with Crippen molar-refractivity contribution in [1.29, 1.82) is 0 Å². The molecule has 4 rings (SSSR count). The van der Waals surface area contributed by atoms with Gasteiger partial charge in [-0.1, -0.05) is 32.1 Å². The lowest BCUT2D eigenvalue weighted by Crippen LogP contribution is -2.30. The number of ketones is 1. The van der Waals surface area contributed by atoms with Gasteiger partial charge in [0, 0.05) is 23.6 Å². The van der Waals surface area contributed by atoms with Crippen molar-refractivity contribution in [2.75, 3.05) is 0 Å². The number of hydrogen-bond acceptors (Lipinski definition) is 5. The number of benzene rings is 1. The van der Waals surface area contributed by atoms with Crippen LogP contribution in [0.25, 0.3) is 16.5 Å². The molecule has 0 unspecified atom stereocenters. The van der Waals surface area contributed by atoms with Crippen molar-refractivity contribution in [3.05, 3.63) is 70.0 Å². The highest BCUT2D eigenvalue weighted by Crippen LogP contribution is 2.37. The number of aromatic nitrogens is 4. The van der Waals surface area contributed by atoms with E-state index in [4.69, 9.17) is 0 Å². The SMILES string of the molecule is Cc1cc(C2=CCC(C)(C)CC2)nn(CC(=O)Cc2ccc3cncnc3c2)c1=O. The van der Waals surface area contributed by atoms with Gasteiger partial charge in [0.15, 0.2) is 5.78 Å². The van der Waals surface area contributed by atoms with Crippen LogP contribution in [-0.2, 0) is 17.8 Å². The van der Waals surface area contributed by atoms with E-state index in [-0.39, 0.29) is 24.3 Å². The molecule has 0 bridgehead atoms. The molecule has 6 heteroatoms. The minimum Gasteiger partial charge on any atom is -0.297 e. The molecule has 0 radical (unpaired) electrons. The molecule has 1 aliphatic rings. The van der Waals surface area contributed by atoms with Crippen molar-refractivity contribution in [3.8, 4) is 0 Å². The molecule has 154 valence electrons. The maximum absolute atomic E-state index is 12.7. The molecule has 0 atom stereocenters. The van der Waals surface area contributed by atoms with E-state index in [1.54, 1.807) is 13.1 Å². The topological polar surface area (TPSA) is 77.7 Å². The molecule has 0 N–H and O–H groups in total. The standard InChI is InChI=1S/C24H26N4O2/c1-16-10-22(18-6-8-24(2,3)9-7-18)27-28(23(16)30)14-20(29)11-17-4-5-19-13-25-15-26-21(19)12-17/h4-6,10,12-13,15H,7-9,11,14H2,1-3H3. The van der Waals surface area contributed by atoms with E-state index < -0.39 is 0 Å². The van der Waals surface area contributed by atoms with Crippen molar-refractivity contribution in [1.82, 2.24) is 19.7 Å². The number of Topliss-reactive ketones (excluding diaryl/α,β-unsaturated/α-hetero) is 1. The molecule has 30 heavy (non-hydrogen) atoms. The number of allylic oxidation sites excluding steroid dienone is 2. The number of fused-ring (bicyclic) bond motifs is 1. The largest absolute Gasteiger partial charge is 0.297 e. The normalized spacial score (nSPS) is 15.8. The third-order valence-electron chi connectivity index (χ3n) is 5.75. The van der Waals surface area contributed by atoms with Crippen molar-refractivity contribution in [2.24, 2.45) is 5.41 Å². The van der Waals surface area contributed by atoms with Crippen LogP contribution in [0.15, 0.2) is 47.7 Å². The van der Waals surface area contributed by atoms with E-state index in [1.165, 1.54) is 11.0 Å². The minimum atomic E-state index is -0.213. The summed E-state index contributed by atoms with van der Waals surface area (Å²) in [6.45, 7) is 6.27. The first-order valence-electron chi connectivity index (χ1n) is 10.3. The Balaban J connectivity index is 1.54. The van der Waals surface area contributed by atoms with Gasteiger partial charge in [-0.3, -0.25) is 9.59 Å². The molecule has 0 saturated heterocycles. The molecule has 3 aromatic rings. The minimum absolute atomic E-state index is 0.0336. The van der Waals surface area contributed by atoms with Gasteiger partial charge in [-0.2, -0.15) is 5.10 Å². The molecule has 1 aliphatic carbocycles. The molecule has 0 fully saturated rings. The van der Waals surface area contributed by atoms with E-state index >= 15 is 0 Å². The highest BCUT2D eigenvalue weighted by Gasteiger charge is 2.23. The summed E-state index contributed by atoms with van der Waals surface area (Å²) < 4.78 is 1.32. The number of carbonyl (C=O) groups is 1. The zero-order valence-electron chi connectivity index (χ0n) is 17.7. The second kappa shape index (κ2) is 7.94. The predicted octanol–water partition coefficient (Wildman–Crippen LogP) is 3.90. The van der Waals surface area contributed by atoms with Crippen LogP contribution < -0.4 is 5.56 Å². The first kappa shape index (κ1) is 20.1. The van der Waals surface area contributed by atoms with Gasteiger partial charge < -0.3 is 0 Å². The smallest absolute Gasteiger partial charge is 0.270 e. The number of carbonyl (C=O) groups excluding carboxylic acids is 1. The lowest BCUT2D eigenvalue weighted by atomic mass is 9.78. The Kier molecular flexibility index (Phi) is 5.33. The van der Waals surface area contributed by atoms with E-state index in [1.807, 2.05) is 24.3 Å². The van der Waals surface area contributed by atoms with Gasteiger partial charge >= 0.3 is 0 Å². The molecule has 0 aliphatic heterocycles. The average molecular weight is 402 g/mol. The van der Waals surface area contributed by atoms with Crippen molar-refractivity contribution in [2.45, 2.75) is 53.0 Å². The highest BCUT2D eigenvalue weighted by molar-refractivity contribution is 5.83. The number of hydrogen-bond donors (Lipinski definition) is 0. The summed E-state index contributed by atoms with van der Waals surface area (Å²) in [4.78, 5) is 33.5. The molecule has 0 amide bonds. The Bertz CT molecular complexity index is 1210. The lowest BCUT2D eigenvalue weighted by molar-refractivity contribution is -0.119. The molecular formula is C24H26N4O2. The number of aryl methyl sites for hydroxylation is 1. The van der Waals surface area contributed by atoms with Gasteiger partial charge in [0.05, 0.1) is 11.2 Å². The van der Waals surface area contributed by atoms with Gasteiger partial charge in [0.1, 0.15) is 12.9 Å². The van der Waals surface area contributed by atoms with Gasteiger partial charge in [-0.05, 0) is 54.9 Å². The van der Waals surface area contributed by atoms with E-state index in [0.29, 0.717) is 11.0 Å². The summed E-state index contributed by atoms with van der Waals surface area (Å²) in [6, 6.07) is 7.54. The average Bonchev–Trinajstić information content (AvgIpc) is 2.71. The maximum atomic E-state index is 12.7. The van der Waals surface area contributed by atoms with Crippen LogP contribution in [0, 0.1) is 12.3 Å². The summed E-state index contributed by atoms with van der Waals surface area (Å²) in [6.07, 6.45) is 8.70. The first-order chi connectivity index (χ1) is 14.3. The Morgan fingerprint density at radius 3 is 2.83 bits per heavy atom. The molecule has 2 aromatic heterocycles. The Morgan fingerprint density at radius 2 is 2.07 bits per heavy atom. The zero-order chi connectivity index (χ0) is 21.3. The summed E-state index contributed by atoms with van der Waals surface area (Å²) in [5.74, 6) is -0.0617. The number of rotatable bonds is 5. The maximum Gasteiger partial charge on any atom is 0.270 e. The van der Waals surface area contributed by atoms with Crippen LogP contribution in [0.2, 0.25) is 0 Å². The van der Waals surface area contributed by atoms with E-state index in [0.717, 1.165) is 47.0 Å². The lowest BCUT2D eigenvalue weighted by Gasteiger charge is -2.28. The van der Waals surface area contributed by atoms with Crippen LogP contribution in [0.4, 0.5) is 0 Å². The summed E-state index contributed by atoms with van der Waals surface area (Å²) >= 11 is 0. The molecule has 0 spiro atoms. The van der Waals surface area contributed by atoms with Gasteiger partial charge in [-0.25, -0.2) is 14.6 Å². The van der Waals surface area contributed by atoms with Crippen molar-refractivity contribution in [3.63, 3.8) is 0 Å². The fourth-order valence-electron chi connectivity index (χ4n) is 3.83. The monoisotopic (exact) mass is 402 g/mol. The van der Waals surface area contributed by atoms with Crippen LogP contribution >= 0.6 is 0 Å². The second-order valence-corrected chi connectivity index (χ2v) is 8.90. The Labute approximate surface area is 175 Å². The van der Waals surface area contributed by atoms with Crippen LogP contribution in [0.1, 0.15) is 49.9 Å². The zero-order valence-corrected chi connectivity index (χ0v) is 17.7. The van der Waals surface area contributed by atoms with Gasteiger partial charge in [0.2, 0.25) is 0 Å². The first-order valence-corrected chi connectivity index (χ1v) is 10.3. The van der Waals surface area contributed by atoms with Crippen LogP contribution in [0.3, 0.4) is 0 Å². The van der Waals surface area contributed by atoms with Crippen molar-refractivity contribution < 1.29 is 4.79 Å².